The molecule has 0 fully saturated rings. The van der Waals surface area contributed by atoms with Gasteiger partial charge in [0, 0.05) is 0 Å². The quantitative estimate of drug-likeness (QED) is 0.0570. The lowest BCUT2D eigenvalue weighted by Gasteiger charge is -2.42. The summed E-state index contributed by atoms with van der Waals surface area (Å²) in [6.45, 7) is 17.1. The highest BCUT2D eigenvalue weighted by Gasteiger charge is 2.43. The van der Waals surface area contributed by atoms with Crippen molar-refractivity contribution in [2.75, 3.05) is 6.61 Å². The number of carbonyl (C=O) groups is 2. The van der Waals surface area contributed by atoms with E-state index in [0.29, 0.717) is 6.61 Å². The van der Waals surface area contributed by atoms with E-state index in [2.05, 4.69) is 39.2 Å². The van der Waals surface area contributed by atoms with Gasteiger partial charge in [-0.15, -0.1) is 0 Å². The minimum absolute atomic E-state index is 0.00615. The summed E-state index contributed by atoms with van der Waals surface area (Å²) in [5, 5.41) is 2.51. The van der Waals surface area contributed by atoms with Crippen LogP contribution < -0.4 is 5.32 Å². The van der Waals surface area contributed by atoms with Crippen molar-refractivity contribution in [1.82, 2.24) is 5.32 Å². The normalized spacial score (nSPS) is 14.0. The van der Waals surface area contributed by atoms with Gasteiger partial charge < -0.3 is 28.1 Å². The lowest BCUT2D eigenvalue weighted by atomic mass is 10.1. The lowest BCUT2D eigenvalue weighted by Crippen LogP contribution is -2.52. The van der Waals surface area contributed by atoms with E-state index >= 15 is 0 Å². The maximum Gasteiger partial charge on any atom is 0.412 e. The van der Waals surface area contributed by atoms with Crippen molar-refractivity contribution in [3.8, 4) is 0 Å². The van der Waals surface area contributed by atoms with Gasteiger partial charge in [0.2, 0.25) is 0 Å². The fourth-order valence-corrected chi connectivity index (χ4v) is 6.64. The molecule has 4 aromatic carbocycles. The Morgan fingerprint density at radius 3 is 1.55 bits per heavy atom. The van der Waals surface area contributed by atoms with Crippen LogP contribution in [-0.2, 0) is 59.3 Å². The highest BCUT2D eigenvalue weighted by molar-refractivity contribution is 6.74. The summed E-state index contributed by atoms with van der Waals surface area (Å²) < 4.78 is 38.5. The Hall–Kier alpha value is -4.58. The van der Waals surface area contributed by atoms with Crippen LogP contribution in [-0.4, -0.2) is 50.9 Å². The minimum atomic E-state index is -2.48. The maximum absolute atomic E-state index is 13.9. The van der Waals surface area contributed by atoms with E-state index in [4.69, 9.17) is 28.1 Å². The molecular weight excluding hydrogens is 723 g/mol. The number of nitrogens with one attached hydrogen (secondary N) is 1. The second-order valence-corrected chi connectivity index (χ2v) is 21.0. The van der Waals surface area contributed by atoms with Crippen LogP contribution in [0.15, 0.2) is 133 Å². The van der Waals surface area contributed by atoms with Crippen molar-refractivity contribution >= 4 is 20.4 Å². The van der Waals surface area contributed by atoms with Crippen LogP contribution >= 0.6 is 0 Å². The smallest absolute Gasteiger partial charge is 0.412 e. The van der Waals surface area contributed by atoms with Crippen molar-refractivity contribution in [2.45, 2.75) is 110 Å². The minimum Gasteiger partial charge on any atom is -0.455 e. The summed E-state index contributed by atoms with van der Waals surface area (Å²) in [5.41, 5.74) is 2.64. The first-order valence-electron chi connectivity index (χ1n) is 19.1. The fraction of sp³-hybridized carbons (Fsp3) is 0.391. The third-order valence-corrected chi connectivity index (χ3v) is 13.8. The molecule has 0 spiro atoms. The lowest BCUT2D eigenvalue weighted by molar-refractivity contribution is -0.151. The first kappa shape index (κ1) is 44.1. The molecule has 4 aromatic rings. The molecule has 0 bridgehead atoms. The van der Waals surface area contributed by atoms with E-state index in [1.54, 1.807) is 26.8 Å². The monoisotopic (exact) mass is 781 g/mol. The first-order chi connectivity index (χ1) is 26.6. The molecule has 0 saturated carbocycles. The van der Waals surface area contributed by atoms with Crippen molar-refractivity contribution in [2.24, 2.45) is 0 Å². The molecule has 3 atom stereocenters. The number of benzene rings is 4. The molecule has 0 unspecified atom stereocenters. The molecule has 56 heavy (non-hydrogen) atoms. The summed E-state index contributed by atoms with van der Waals surface area (Å²) in [6, 6.07) is 38.8. The van der Waals surface area contributed by atoms with Crippen molar-refractivity contribution in [1.29, 1.82) is 0 Å². The summed E-state index contributed by atoms with van der Waals surface area (Å²) >= 11 is 0. The number of ether oxygens (including phenoxy) is 5. The maximum atomic E-state index is 13.9. The Labute approximate surface area is 334 Å². The third kappa shape index (κ3) is 15.2. The number of carbonyl (C=O) groups excluding carboxylic acids is 2. The van der Waals surface area contributed by atoms with Gasteiger partial charge in [0.25, 0.3) is 0 Å². The number of amides is 1. The number of hydrogen-bond acceptors (Lipinski definition) is 8. The van der Waals surface area contributed by atoms with Gasteiger partial charge in [-0.25, -0.2) is 9.59 Å². The largest absolute Gasteiger partial charge is 0.455 e. The van der Waals surface area contributed by atoms with Gasteiger partial charge in [-0.2, -0.15) is 0 Å². The second kappa shape index (κ2) is 21.1. The number of alkyl carbamates (subject to hydrolysis) is 1. The van der Waals surface area contributed by atoms with Crippen molar-refractivity contribution in [3.63, 3.8) is 0 Å². The van der Waals surface area contributed by atoms with E-state index in [1.807, 2.05) is 121 Å². The van der Waals surface area contributed by atoms with E-state index in [-0.39, 0.29) is 37.2 Å². The summed E-state index contributed by atoms with van der Waals surface area (Å²) in [5.74, 6) is -0.758. The molecule has 0 aliphatic rings. The predicted octanol–water partition coefficient (Wildman–Crippen LogP) is 9.92. The van der Waals surface area contributed by atoms with Crippen molar-refractivity contribution in [3.05, 3.63) is 155 Å². The molecule has 0 aromatic heterocycles. The van der Waals surface area contributed by atoms with Gasteiger partial charge in [-0.05, 0) is 67.2 Å². The zero-order chi connectivity index (χ0) is 40.6. The van der Waals surface area contributed by atoms with Gasteiger partial charge in [-0.1, -0.05) is 142 Å². The third-order valence-electron chi connectivity index (χ3n) is 9.31. The topological polar surface area (TPSA) is 102 Å². The van der Waals surface area contributed by atoms with E-state index in [1.165, 1.54) is 0 Å². The molecule has 0 aliphatic carbocycles. The van der Waals surface area contributed by atoms with Crippen LogP contribution in [0.3, 0.4) is 0 Å². The first-order valence-corrected chi connectivity index (χ1v) is 22.0. The Morgan fingerprint density at radius 1 is 0.643 bits per heavy atom. The van der Waals surface area contributed by atoms with Crippen LogP contribution in [0.1, 0.15) is 63.8 Å². The van der Waals surface area contributed by atoms with Crippen LogP contribution in [0.5, 0.6) is 0 Å². The molecule has 0 heterocycles. The number of hydrogen-bond donors (Lipinski definition) is 1. The Bertz CT molecular complexity index is 1790. The zero-order valence-corrected chi connectivity index (χ0v) is 35.2. The Balaban J connectivity index is 1.80. The molecule has 4 rings (SSSR count). The molecule has 1 N–H and O–H groups in total. The van der Waals surface area contributed by atoms with Crippen molar-refractivity contribution < 1.29 is 37.7 Å². The summed E-state index contributed by atoms with van der Waals surface area (Å²) in [4.78, 5) is 27.3. The number of esters is 1. The van der Waals surface area contributed by atoms with Gasteiger partial charge in [0.05, 0.1) is 32.5 Å². The number of rotatable bonds is 19. The average molecular weight is 782 g/mol. The van der Waals surface area contributed by atoms with Crippen LogP contribution in [0, 0.1) is 0 Å². The van der Waals surface area contributed by atoms with Gasteiger partial charge in [-0.3, -0.25) is 5.32 Å². The molecule has 1 amide bonds. The highest BCUT2D eigenvalue weighted by atomic mass is 28.4. The SMILES string of the molecule is CC(C)(C)OC(=O)/C(=C\[C@@H](OCc1ccccc1)[C@H](OCc1ccccc1)[C@@H](COCc1ccccc1)O[Si](C)(C)C(C)(C)C)NC(=O)OCc1ccccc1. The molecule has 0 saturated heterocycles. The standard InChI is InChI=1S/C46H59NO8Si/c1-45(2,3)54-43(48)39(47-44(49)53-33-38-27-19-12-20-28-38)29-40(51-31-36-23-15-10-16-24-36)42(52-32-37-25-17-11-18-26-37)41(55-56(7,8)46(4,5)6)34-50-30-35-21-13-9-14-22-35/h9-29,40-42H,30-34H2,1-8H3,(H,47,49)/b39-29+/t40-,41-,42+/m1/s1. The van der Waals surface area contributed by atoms with Crippen LogP contribution in [0.25, 0.3) is 0 Å². The average Bonchev–Trinajstić information content (AvgIpc) is 3.16. The summed E-state index contributed by atoms with van der Waals surface area (Å²) in [6.07, 6.45) is -1.72. The van der Waals surface area contributed by atoms with E-state index in [0.717, 1.165) is 22.3 Å². The van der Waals surface area contributed by atoms with Gasteiger partial charge >= 0.3 is 12.1 Å². The van der Waals surface area contributed by atoms with Crippen LogP contribution in [0.2, 0.25) is 18.1 Å². The fourth-order valence-electron chi connectivity index (χ4n) is 5.33. The molecule has 0 radical (unpaired) electrons. The molecule has 9 nitrogen and oxygen atoms in total. The van der Waals surface area contributed by atoms with E-state index in [9.17, 15) is 9.59 Å². The summed E-state index contributed by atoms with van der Waals surface area (Å²) in [7, 11) is -2.48. The second-order valence-electron chi connectivity index (χ2n) is 16.2. The van der Waals surface area contributed by atoms with Gasteiger partial charge in [0.15, 0.2) is 8.32 Å². The Morgan fingerprint density at radius 2 is 1.09 bits per heavy atom. The predicted molar refractivity (Wildman–Crippen MR) is 222 cm³/mol. The molecule has 300 valence electrons. The van der Waals surface area contributed by atoms with E-state index < -0.39 is 44.3 Å². The molecule has 10 heteroatoms. The molecular formula is C46H59NO8Si. The Kier molecular flexibility index (Phi) is 16.6. The highest BCUT2D eigenvalue weighted by Crippen LogP contribution is 2.38. The van der Waals surface area contributed by atoms with Crippen LogP contribution in [0.4, 0.5) is 4.79 Å². The molecule has 0 aliphatic heterocycles. The van der Waals surface area contributed by atoms with Gasteiger partial charge in [0.1, 0.15) is 30.1 Å². The zero-order valence-electron chi connectivity index (χ0n) is 34.2.